The van der Waals surface area contributed by atoms with Crippen molar-refractivity contribution < 1.29 is 14.7 Å². The molecule has 0 bridgehead atoms. The summed E-state index contributed by atoms with van der Waals surface area (Å²) in [6.45, 7) is 4.53. The van der Waals surface area contributed by atoms with E-state index in [4.69, 9.17) is 5.11 Å². The summed E-state index contributed by atoms with van der Waals surface area (Å²) in [5.41, 5.74) is 0.259. The lowest BCUT2D eigenvalue weighted by Gasteiger charge is -2.38. The molecule has 0 aliphatic heterocycles. The summed E-state index contributed by atoms with van der Waals surface area (Å²) in [5.74, 6) is -0.421. The van der Waals surface area contributed by atoms with Crippen LogP contribution in [0.1, 0.15) is 65.2 Å². The van der Waals surface area contributed by atoms with Crippen LogP contribution in [0.25, 0.3) is 0 Å². The molecule has 2 N–H and O–H groups in total. The maximum Gasteiger partial charge on any atom is 0.306 e. The monoisotopic (exact) mass is 281 g/mol. The van der Waals surface area contributed by atoms with Gasteiger partial charge < -0.3 is 10.4 Å². The fourth-order valence-corrected chi connectivity index (χ4v) is 3.79. The number of carboxylic acid groups (broad SMARTS) is 1. The normalized spacial score (nSPS) is 32.8. The molecule has 1 amide bonds. The molecule has 2 fully saturated rings. The predicted molar refractivity (Wildman–Crippen MR) is 77.3 cm³/mol. The molecule has 2 aliphatic rings. The SMILES string of the molecule is CC1(C)CCCCC1CC(=O)N[C@@H]1CC[C@H](C(=O)O)C1. The molecule has 114 valence electrons. The van der Waals surface area contributed by atoms with Gasteiger partial charge in [0.2, 0.25) is 5.91 Å². The number of amides is 1. The molecule has 2 saturated carbocycles. The summed E-state index contributed by atoms with van der Waals surface area (Å²) in [4.78, 5) is 23.1. The van der Waals surface area contributed by atoms with Crippen molar-refractivity contribution in [1.82, 2.24) is 5.32 Å². The third kappa shape index (κ3) is 3.74. The topological polar surface area (TPSA) is 66.4 Å². The Balaban J connectivity index is 1.79. The fraction of sp³-hybridized carbons (Fsp3) is 0.875. The first-order chi connectivity index (χ1) is 9.38. The van der Waals surface area contributed by atoms with Gasteiger partial charge in [0.15, 0.2) is 0 Å². The van der Waals surface area contributed by atoms with E-state index in [1.54, 1.807) is 0 Å². The van der Waals surface area contributed by atoms with Crippen LogP contribution in [0.3, 0.4) is 0 Å². The van der Waals surface area contributed by atoms with Crippen LogP contribution < -0.4 is 5.32 Å². The molecule has 2 rings (SSSR count). The van der Waals surface area contributed by atoms with Crippen LogP contribution >= 0.6 is 0 Å². The zero-order valence-electron chi connectivity index (χ0n) is 12.7. The Morgan fingerprint density at radius 2 is 1.95 bits per heavy atom. The Hall–Kier alpha value is -1.06. The Kier molecular flexibility index (Phi) is 4.71. The van der Waals surface area contributed by atoms with E-state index in [1.807, 2.05) is 0 Å². The molecule has 0 radical (unpaired) electrons. The highest BCUT2D eigenvalue weighted by molar-refractivity contribution is 5.77. The lowest BCUT2D eigenvalue weighted by atomic mass is 9.67. The number of hydrogen-bond acceptors (Lipinski definition) is 2. The molecule has 0 aromatic heterocycles. The number of carbonyl (C=O) groups excluding carboxylic acids is 1. The van der Waals surface area contributed by atoms with Crippen LogP contribution in [0.4, 0.5) is 0 Å². The number of carbonyl (C=O) groups is 2. The van der Waals surface area contributed by atoms with Crippen molar-refractivity contribution in [1.29, 1.82) is 0 Å². The molecule has 3 atom stereocenters. The van der Waals surface area contributed by atoms with Gasteiger partial charge in [-0.25, -0.2) is 0 Å². The van der Waals surface area contributed by atoms with E-state index in [0.717, 1.165) is 12.8 Å². The van der Waals surface area contributed by atoms with E-state index in [9.17, 15) is 9.59 Å². The summed E-state index contributed by atoms with van der Waals surface area (Å²) < 4.78 is 0. The van der Waals surface area contributed by atoms with E-state index in [0.29, 0.717) is 25.2 Å². The number of aliphatic carboxylic acids is 1. The minimum atomic E-state index is -0.727. The van der Waals surface area contributed by atoms with Gasteiger partial charge in [0.25, 0.3) is 0 Å². The molecule has 0 aromatic rings. The van der Waals surface area contributed by atoms with Gasteiger partial charge in [0.1, 0.15) is 0 Å². The molecule has 0 heterocycles. The predicted octanol–water partition coefficient (Wildman–Crippen LogP) is 2.96. The van der Waals surface area contributed by atoms with Crippen LogP contribution in [0.15, 0.2) is 0 Å². The van der Waals surface area contributed by atoms with E-state index >= 15 is 0 Å². The van der Waals surface area contributed by atoms with Gasteiger partial charge in [-0.15, -0.1) is 0 Å². The summed E-state index contributed by atoms with van der Waals surface area (Å²) >= 11 is 0. The lowest BCUT2D eigenvalue weighted by Crippen LogP contribution is -2.38. The van der Waals surface area contributed by atoms with Crippen LogP contribution in [0.5, 0.6) is 0 Å². The zero-order valence-corrected chi connectivity index (χ0v) is 12.7. The second-order valence-electron chi connectivity index (χ2n) is 7.25. The Morgan fingerprint density at radius 1 is 1.20 bits per heavy atom. The van der Waals surface area contributed by atoms with Gasteiger partial charge in [0.05, 0.1) is 5.92 Å². The third-order valence-electron chi connectivity index (χ3n) is 5.31. The maximum absolute atomic E-state index is 12.2. The van der Waals surface area contributed by atoms with Crippen molar-refractivity contribution >= 4 is 11.9 Å². The number of carboxylic acids is 1. The fourth-order valence-electron chi connectivity index (χ4n) is 3.79. The maximum atomic E-state index is 12.2. The first kappa shape index (κ1) is 15.3. The van der Waals surface area contributed by atoms with Gasteiger partial charge in [-0.2, -0.15) is 0 Å². The number of rotatable bonds is 4. The number of nitrogens with one attached hydrogen (secondary N) is 1. The molecule has 0 spiro atoms. The zero-order chi connectivity index (χ0) is 14.8. The molecular formula is C16H27NO3. The van der Waals surface area contributed by atoms with Gasteiger partial charge in [0, 0.05) is 12.5 Å². The van der Waals surface area contributed by atoms with E-state index < -0.39 is 5.97 Å². The second kappa shape index (κ2) is 6.15. The summed E-state index contributed by atoms with van der Waals surface area (Å²) in [6, 6.07) is 0.0651. The van der Waals surface area contributed by atoms with Gasteiger partial charge >= 0.3 is 5.97 Å². The average molecular weight is 281 g/mol. The van der Waals surface area contributed by atoms with Crippen molar-refractivity contribution in [2.75, 3.05) is 0 Å². The molecule has 0 saturated heterocycles. The van der Waals surface area contributed by atoms with Crippen molar-refractivity contribution in [3.05, 3.63) is 0 Å². The smallest absolute Gasteiger partial charge is 0.306 e. The Labute approximate surface area is 121 Å². The summed E-state index contributed by atoms with van der Waals surface area (Å²) in [5, 5.41) is 12.0. The highest BCUT2D eigenvalue weighted by Crippen LogP contribution is 2.42. The van der Waals surface area contributed by atoms with E-state index in [2.05, 4.69) is 19.2 Å². The molecule has 4 nitrogen and oxygen atoms in total. The first-order valence-electron chi connectivity index (χ1n) is 7.90. The van der Waals surface area contributed by atoms with Crippen LogP contribution in [0.2, 0.25) is 0 Å². The van der Waals surface area contributed by atoms with Crippen molar-refractivity contribution in [2.24, 2.45) is 17.3 Å². The minimum Gasteiger partial charge on any atom is -0.481 e. The molecule has 0 aromatic carbocycles. The van der Waals surface area contributed by atoms with Crippen LogP contribution in [0, 0.1) is 17.3 Å². The minimum absolute atomic E-state index is 0.0651. The molecule has 20 heavy (non-hydrogen) atoms. The van der Waals surface area contributed by atoms with Gasteiger partial charge in [-0.05, 0) is 43.4 Å². The van der Waals surface area contributed by atoms with Crippen molar-refractivity contribution in [3.8, 4) is 0 Å². The van der Waals surface area contributed by atoms with E-state index in [-0.39, 0.29) is 23.3 Å². The highest BCUT2D eigenvalue weighted by Gasteiger charge is 2.35. The van der Waals surface area contributed by atoms with Crippen molar-refractivity contribution in [2.45, 2.75) is 71.3 Å². The Morgan fingerprint density at radius 3 is 2.55 bits per heavy atom. The molecule has 4 heteroatoms. The van der Waals surface area contributed by atoms with E-state index in [1.165, 1.54) is 19.3 Å². The van der Waals surface area contributed by atoms with Crippen LogP contribution in [-0.2, 0) is 9.59 Å². The van der Waals surface area contributed by atoms with Crippen LogP contribution in [-0.4, -0.2) is 23.0 Å². The lowest BCUT2D eigenvalue weighted by molar-refractivity contribution is -0.141. The van der Waals surface area contributed by atoms with Crippen molar-refractivity contribution in [3.63, 3.8) is 0 Å². The quantitative estimate of drug-likeness (QED) is 0.832. The molecule has 1 unspecified atom stereocenters. The third-order valence-corrected chi connectivity index (χ3v) is 5.31. The summed E-state index contributed by atoms with van der Waals surface area (Å²) in [7, 11) is 0. The molecule has 2 aliphatic carbocycles. The average Bonchev–Trinajstić information content (AvgIpc) is 2.80. The number of hydrogen-bond donors (Lipinski definition) is 2. The second-order valence-corrected chi connectivity index (χ2v) is 7.25. The molecular weight excluding hydrogens is 254 g/mol. The largest absolute Gasteiger partial charge is 0.481 e. The first-order valence-corrected chi connectivity index (χ1v) is 7.90. The van der Waals surface area contributed by atoms with Gasteiger partial charge in [-0.3, -0.25) is 9.59 Å². The Bertz CT molecular complexity index is 378. The highest BCUT2D eigenvalue weighted by atomic mass is 16.4. The van der Waals surface area contributed by atoms with Gasteiger partial charge in [-0.1, -0.05) is 26.7 Å². The summed E-state index contributed by atoms with van der Waals surface area (Å²) in [6.07, 6.45) is 7.53. The standard InChI is InChI=1S/C16H27NO3/c1-16(2)8-4-3-5-12(16)10-14(18)17-13-7-6-11(9-13)15(19)20/h11-13H,3-10H2,1-2H3,(H,17,18)(H,19,20)/t11-,12?,13+/m0/s1.